The summed E-state index contributed by atoms with van der Waals surface area (Å²) in [7, 11) is 0. The minimum atomic E-state index is -0.0625. The van der Waals surface area contributed by atoms with E-state index < -0.39 is 0 Å². The van der Waals surface area contributed by atoms with Gasteiger partial charge in [0.2, 0.25) is 5.91 Å². The predicted molar refractivity (Wildman–Crippen MR) is 98.5 cm³/mol. The number of benzene rings is 1. The van der Waals surface area contributed by atoms with Crippen LogP contribution >= 0.6 is 11.3 Å². The zero-order valence-electron chi connectivity index (χ0n) is 14.4. The molecule has 1 aromatic heterocycles. The minimum absolute atomic E-state index is 0.0625. The molecule has 3 aliphatic rings. The van der Waals surface area contributed by atoms with Crippen LogP contribution in [0, 0.1) is 12.8 Å². The lowest BCUT2D eigenvalue weighted by atomic mass is 9.93. The molecule has 130 valence electrons. The van der Waals surface area contributed by atoms with Crippen LogP contribution in [0.1, 0.15) is 33.0 Å². The normalized spacial score (nSPS) is 23.0. The first kappa shape index (κ1) is 16.3. The minimum Gasteiger partial charge on any atom is -0.335 e. The number of thiophene rings is 1. The number of piperidine rings is 1. The summed E-state index contributed by atoms with van der Waals surface area (Å²) < 4.78 is 0. The fourth-order valence-corrected chi connectivity index (χ4v) is 4.74. The van der Waals surface area contributed by atoms with Crippen molar-refractivity contribution < 1.29 is 9.59 Å². The lowest BCUT2D eigenvalue weighted by molar-refractivity contribution is -0.140. The highest BCUT2D eigenvalue weighted by Gasteiger charge is 2.42. The summed E-state index contributed by atoms with van der Waals surface area (Å²) in [5.74, 6) is 0.217. The average molecular weight is 354 g/mol. The number of fused-ring (bicyclic) bond motifs is 4. The van der Waals surface area contributed by atoms with Crippen molar-refractivity contribution in [3.8, 4) is 0 Å². The maximum absolute atomic E-state index is 12.9. The molecule has 2 bridgehead atoms. The van der Waals surface area contributed by atoms with Gasteiger partial charge in [-0.05, 0) is 37.5 Å². The number of carbonyl (C=O) groups excluding carboxylic acids is 2. The highest BCUT2D eigenvalue weighted by molar-refractivity contribution is 7.13. The number of rotatable bonds is 3. The molecule has 1 aromatic carbocycles. The molecular formula is C20H22N2O2S. The van der Waals surface area contributed by atoms with Gasteiger partial charge >= 0.3 is 0 Å². The molecule has 0 spiro atoms. The standard InChI is InChI=1S/C20H22N2O2S/c1-14-7-10-18(25-14)20(24)21-12-16-8-9-17(13-21)22(19(16)23)11-15-5-3-2-4-6-15/h2-7,10,16-17H,8-9,11-13H2,1H3. The zero-order valence-corrected chi connectivity index (χ0v) is 15.2. The van der Waals surface area contributed by atoms with Gasteiger partial charge in [0.05, 0.1) is 10.8 Å². The molecular weight excluding hydrogens is 332 g/mol. The summed E-state index contributed by atoms with van der Waals surface area (Å²) in [5, 5.41) is 0. The Morgan fingerprint density at radius 2 is 1.92 bits per heavy atom. The van der Waals surface area contributed by atoms with E-state index in [9.17, 15) is 9.59 Å². The first-order chi connectivity index (χ1) is 12.1. The highest BCUT2D eigenvalue weighted by Crippen LogP contribution is 2.31. The summed E-state index contributed by atoms with van der Waals surface area (Å²) in [6, 6.07) is 14.1. The van der Waals surface area contributed by atoms with Crippen molar-refractivity contribution in [2.24, 2.45) is 5.92 Å². The van der Waals surface area contributed by atoms with Gasteiger partial charge in [0.25, 0.3) is 5.91 Å². The van der Waals surface area contributed by atoms with Gasteiger partial charge in [-0.1, -0.05) is 30.3 Å². The van der Waals surface area contributed by atoms with E-state index in [1.54, 1.807) is 0 Å². The highest BCUT2D eigenvalue weighted by atomic mass is 32.1. The van der Waals surface area contributed by atoms with Gasteiger partial charge in [-0.25, -0.2) is 0 Å². The Balaban J connectivity index is 1.55. The fraction of sp³-hybridized carbons (Fsp3) is 0.400. The first-order valence-electron chi connectivity index (χ1n) is 8.82. The molecule has 4 heterocycles. The predicted octanol–water partition coefficient (Wildman–Crippen LogP) is 3.32. The quantitative estimate of drug-likeness (QED) is 0.848. The molecule has 4 nitrogen and oxygen atoms in total. The second kappa shape index (κ2) is 6.64. The summed E-state index contributed by atoms with van der Waals surface area (Å²) >= 11 is 1.53. The molecule has 2 aromatic rings. The number of carbonyl (C=O) groups is 2. The van der Waals surface area contributed by atoms with Crippen LogP contribution in [0.3, 0.4) is 0 Å². The molecule has 3 saturated heterocycles. The van der Waals surface area contributed by atoms with Crippen molar-refractivity contribution in [1.29, 1.82) is 0 Å². The zero-order chi connectivity index (χ0) is 17.4. The molecule has 2 amide bonds. The molecule has 2 unspecified atom stereocenters. The molecule has 3 aliphatic heterocycles. The van der Waals surface area contributed by atoms with Gasteiger partial charge in [0.1, 0.15) is 0 Å². The molecule has 0 N–H and O–H groups in total. The largest absolute Gasteiger partial charge is 0.335 e. The summed E-state index contributed by atoms with van der Waals surface area (Å²) in [6.07, 6.45) is 1.87. The fourth-order valence-electron chi connectivity index (χ4n) is 3.90. The Bertz CT molecular complexity index is 786. The second-order valence-corrected chi connectivity index (χ2v) is 8.29. The Labute approximate surface area is 152 Å². The topological polar surface area (TPSA) is 40.6 Å². The molecule has 5 heteroatoms. The van der Waals surface area contributed by atoms with Crippen molar-refractivity contribution >= 4 is 23.2 Å². The van der Waals surface area contributed by atoms with Crippen LogP contribution in [-0.4, -0.2) is 40.7 Å². The van der Waals surface area contributed by atoms with E-state index in [4.69, 9.17) is 0 Å². The van der Waals surface area contributed by atoms with E-state index in [0.29, 0.717) is 19.6 Å². The third kappa shape index (κ3) is 3.21. The van der Waals surface area contributed by atoms with Crippen LogP contribution in [0.2, 0.25) is 0 Å². The van der Waals surface area contributed by atoms with E-state index >= 15 is 0 Å². The number of nitrogens with zero attached hydrogens (tertiary/aromatic N) is 2. The van der Waals surface area contributed by atoms with E-state index in [2.05, 4.69) is 12.1 Å². The molecule has 2 atom stereocenters. The number of hydrogen-bond donors (Lipinski definition) is 0. The van der Waals surface area contributed by atoms with Gasteiger partial charge in [-0.15, -0.1) is 11.3 Å². The molecule has 0 aliphatic carbocycles. The average Bonchev–Trinajstić information content (AvgIpc) is 2.88. The van der Waals surface area contributed by atoms with Crippen molar-refractivity contribution in [3.63, 3.8) is 0 Å². The summed E-state index contributed by atoms with van der Waals surface area (Å²) in [5.41, 5.74) is 1.15. The maximum Gasteiger partial charge on any atom is 0.264 e. The van der Waals surface area contributed by atoms with Crippen molar-refractivity contribution in [1.82, 2.24) is 9.80 Å². The van der Waals surface area contributed by atoms with Gasteiger partial charge < -0.3 is 9.80 Å². The summed E-state index contributed by atoms with van der Waals surface area (Å²) in [6.45, 7) is 3.85. The van der Waals surface area contributed by atoms with E-state index in [-0.39, 0.29) is 23.8 Å². The lowest BCUT2D eigenvalue weighted by Crippen LogP contribution is -2.47. The van der Waals surface area contributed by atoms with Crippen LogP contribution in [0.4, 0.5) is 0 Å². The Kier molecular flexibility index (Phi) is 4.34. The van der Waals surface area contributed by atoms with E-state index in [1.165, 1.54) is 11.3 Å². The lowest BCUT2D eigenvalue weighted by Gasteiger charge is -2.36. The molecule has 0 saturated carbocycles. The van der Waals surface area contributed by atoms with Crippen molar-refractivity contribution in [2.45, 2.75) is 32.4 Å². The molecule has 3 fully saturated rings. The van der Waals surface area contributed by atoms with Crippen LogP contribution in [-0.2, 0) is 11.3 Å². The Morgan fingerprint density at radius 3 is 2.64 bits per heavy atom. The molecule has 5 rings (SSSR count). The van der Waals surface area contributed by atoms with Crippen LogP contribution < -0.4 is 0 Å². The third-order valence-electron chi connectivity index (χ3n) is 5.23. The Morgan fingerprint density at radius 1 is 1.12 bits per heavy atom. The number of amides is 2. The molecule has 25 heavy (non-hydrogen) atoms. The van der Waals surface area contributed by atoms with Gasteiger partial charge in [0, 0.05) is 30.6 Å². The maximum atomic E-state index is 12.9. The van der Waals surface area contributed by atoms with Gasteiger partial charge in [0.15, 0.2) is 0 Å². The monoisotopic (exact) mass is 354 g/mol. The van der Waals surface area contributed by atoms with Crippen molar-refractivity contribution in [3.05, 3.63) is 57.8 Å². The van der Waals surface area contributed by atoms with Crippen LogP contribution in [0.5, 0.6) is 0 Å². The van der Waals surface area contributed by atoms with E-state index in [0.717, 1.165) is 28.2 Å². The third-order valence-corrected chi connectivity index (χ3v) is 6.22. The van der Waals surface area contributed by atoms with Crippen molar-refractivity contribution in [2.75, 3.05) is 13.1 Å². The van der Waals surface area contributed by atoms with Gasteiger partial charge in [-0.2, -0.15) is 0 Å². The Hall–Kier alpha value is -2.14. The number of aryl methyl sites for hydroxylation is 1. The first-order valence-corrected chi connectivity index (χ1v) is 9.63. The number of hydrogen-bond acceptors (Lipinski definition) is 3. The smallest absolute Gasteiger partial charge is 0.264 e. The molecule has 0 radical (unpaired) electrons. The van der Waals surface area contributed by atoms with Crippen LogP contribution in [0.25, 0.3) is 0 Å². The van der Waals surface area contributed by atoms with Gasteiger partial charge in [-0.3, -0.25) is 9.59 Å². The SMILES string of the molecule is Cc1ccc(C(=O)N2CC3CCC(C2)N(Cc2ccccc2)C3=O)s1. The van der Waals surface area contributed by atoms with Crippen LogP contribution in [0.15, 0.2) is 42.5 Å². The van der Waals surface area contributed by atoms with E-state index in [1.807, 2.05) is 47.1 Å². The second-order valence-electron chi connectivity index (χ2n) is 7.00. The summed E-state index contributed by atoms with van der Waals surface area (Å²) in [4.78, 5) is 31.6.